The molecule has 0 spiro atoms. The molecule has 0 aliphatic heterocycles. The molecule has 0 aliphatic rings. The first kappa shape index (κ1) is 15.2. The molecule has 1 aromatic heterocycles. The summed E-state index contributed by atoms with van der Waals surface area (Å²) in [5.41, 5.74) is 1.83. The summed E-state index contributed by atoms with van der Waals surface area (Å²) in [5.74, 6) is 1.42. The van der Waals surface area contributed by atoms with Gasteiger partial charge in [-0.2, -0.15) is 10.2 Å². The Bertz CT molecular complexity index is 612. The minimum absolute atomic E-state index is 0.0544. The normalized spacial score (nSPS) is 12.3. The van der Waals surface area contributed by atoms with Crippen LogP contribution in [-0.4, -0.2) is 22.1 Å². The summed E-state index contributed by atoms with van der Waals surface area (Å²) >= 11 is 0. The Kier molecular flexibility index (Phi) is 5.07. The van der Waals surface area contributed by atoms with Crippen LogP contribution in [0.4, 0.5) is 0 Å². The largest absolute Gasteiger partial charge is 0.338 e. The molecule has 0 radical (unpaired) electrons. The van der Waals surface area contributed by atoms with E-state index in [0.29, 0.717) is 11.5 Å². The average molecular weight is 284 g/mol. The standard InChI is InChI=1S/C16H20N4O/c1-4-5-15-18-16(21-19-15)12(2)20(3)11-14-8-6-13(10-17)7-9-14/h6-9,12H,4-5,11H2,1-3H3/t12-/m1/s1. The number of hydrogen-bond donors (Lipinski definition) is 0. The predicted octanol–water partition coefficient (Wildman–Crippen LogP) is 3.09. The van der Waals surface area contributed by atoms with Crippen LogP contribution >= 0.6 is 0 Å². The van der Waals surface area contributed by atoms with E-state index >= 15 is 0 Å². The number of benzene rings is 1. The SMILES string of the molecule is CCCc1noc([C@@H](C)N(C)Cc2ccc(C#N)cc2)n1. The van der Waals surface area contributed by atoms with Crippen molar-refractivity contribution in [2.24, 2.45) is 0 Å². The maximum absolute atomic E-state index is 8.81. The molecular weight excluding hydrogens is 264 g/mol. The molecule has 0 amide bonds. The molecule has 5 nitrogen and oxygen atoms in total. The van der Waals surface area contributed by atoms with Crippen LogP contribution in [0.2, 0.25) is 0 Å². The van der Waals surface area contributed by atoms with Gasteiger partial charge in [-0.1, -0.05) is 24.2 Å². The zero-order chi connectivity index (χ0) is 15.2. The Morgan fingerprint density at radius 1 is 1.33 bits per heavy atom. The van der Waals surface area contributed by atoms with Gasteiger partial charge in [-0.05, 0) is 38.1 Å². The average Bonchev–Trinajstić information content (AvgIpc) is 2.96. The molecule has 2 aromatic rings. The van der Waals surface area contributed by atoms with Crippen molar-refractivity contribution >= 4 is 0 Å². The molecule has 0 aliphatic carbocycles. The number of aromatic nitrogens is 2. The van der Waals surface area contributed by atoms with Crippen molar-refractivity contribution in [2.45, 2.75) is 39.3 Å². The van der Waals surface area contributed by atoms with Crippen molar-refractivity contribution in [3.8, 4) is 6.07 Å². The van der Waals surface area contributed by atoms with Gasteiger partial charge < -0.3 is 4.52 Å². The Labute approximate surface area is 125 Å². The Morgan fingerprint density at radius 3 is 2.67 bits per heavy atom. The van der Waals surface area contributed by atoms with Crippen LogP contribution in [0.3, 0.4) is 0 Å². The second kappa shape index (κ2) is 7.00. The number of nitriles is 1. The third-order valence-electron chi connectivity index (χ3n) is 3.49. The van der Waals surface area contributed by atoms with Crippen molar-refractivity contribution < 1.29 is 4.52 Å². The Hall–Kier alpha value is -2.19. The molecule has 2 rings (SSSR count). The van der Waals surface area contributed by atoms with E-state index in [4.69, 9.17) is 9.78 Å². The summed E-state index contributed by atoms with van der Waals surface area (Å²) in [6.07, 6.45) is 1.85. The van der Waals surface area contributed by atoms with Crippen LogP contribution in [0, 0.1) is 11.3 Å². The van der Waals surface area contributed by atoms with Crippen LogP contribution in [0.1, 0.15) is 49.2 Å². The summed E-state index contributed by atoms with van der Waals surface area (Å²) < 4.78 is 5.33. The quantitative estimate of drug-likeness (QED) is 0.815. The van der Waals surface area contributed by atoms with E-state index in [1.807, 2.05) is 38.2 Å². The van der Waals surface area contributed by atoms with Crippen LogP contribution in [-0.2, 0) is 13.0 Å². The van der Waals surface area contributed by atoms with E-state index in [0.717, 1.165) is 30.8 Å². The van der Waals surface area contributed by atoms with Gasteiger partial charge in [-0.15, -0.1) is 0 Å². The summed E-state index contributed by atoms with van der Waals surface area (Å²) in [6, 6.07) is 9.79. The summed E-state index contributed by atoms with van der Waals surface area (Å²) in [7, 11) is 2.02. The van der Waals surface area contributed by atoms with E-state index in [1.54, 1.807) is 0 Å². The fourth-order valence-electron chi connectivity index (χ4n) is 2.06. The van der Waals surface area contributed by atoms with Gasteiger partial charge in [-0.3, -0.25) is 4.90 Å². The van der Waals surface area contributed by atoms with E-state index in [-0.39, 0.29) is 6.04 Å². The third kappa shape index (κ3) is 3.89. The first-order valence-electron chi connectivity index (χ1n) is 7.15. The minimum Gasteiger partial charge on any atom is -0.338 e. The van der Waals surface area contributed by atoms with Crippen molar-refractivity contribution in [3.63, 3.8) is 0 Å². The fourth-order valence-corrected chi connectivity index (χ4v) is 2.06. The summed E-state index contributed by atoms with van der Waals surface area (Å²) in [6.45, 7) is 4.90. The molecule has 0 unspecified atom stereocenters. The van der Waals surface area contributed by atoms with Crippen LogP contribution < -0.4 is 0 Å². The lowest BCUT2D eigenvalue weighted by atomic mass is 10.1. The fraction of sp³-hybridized carbons (Fsp3) is 0.438. The molecule has 21 heavy (non-hydrogen) atoms. The molecule has 1 heterocycles. The van der Waals surface area contributed by atoms with Gasteiger partial charge in [-0.25, -0.2) is 0 Å². The van der Waals surface area contributed by atoms with E-state index < -0.39 is 0 Å². The van der Waals surface area contributed by atoms with Crippen LogP contribution in [0.25, 0.3) is 0 Å². The third-order valence-corrected chi connectivity index (χ3v) is 3.49. The van der Waals surface area contributed by atoms with Crippen molar-refractivity contribution in [2.75, 3.05) is 7.05 Å². The molecule has 0 saturated heterocycles. The molecule has 0 N–H and O–H groups in total. The molecule has 110 valence electrons. The maximum Gasteiger partial charge on any atom is 0.243 e. The second-order valence-corrected chi connectivity index (χ2v) is 5.20. The highest BCUT2D eigenvalue weighted by Crippen LogP contribution is 2.19. The minimum atomic E-state index is 0.0544. The first-order chi connectivity index (χ1) is 10.1. The van der Waals surface area contributed by atoms with Crippen LogP contribution in [0.5, 0.6) is 0 Å². The lowest BCUT2D eigenvalue weighted by Gasteiger charge is -2.21. The van der Waals surface area contributed by atoms with Gasteiger partial charge in [0.2, 0.25) is 5.89 Å². The number of hydrogen-bond acceptors (Lipinski definition) is 5. The van der Waals surface area contributed by atoms with E-state index in [1.165, 1.54) is 0 Å². The highest BCUT2D eigenvalue weighted by atomic mass is 16.5. The molecule has 1 aromatic carbocycles. The van der Waals surface area contributed by atoms with Crippen molar-refractivity contribution in [1.29, 1.82) is 5.26 Å². The summed E-state index contributed by atoms with van der Waals surface area (Å²) in [5, 5.41) is 12.8. The van der Waals surface area contributed by atoms with Crippen molar-refractivity contribution in [1.82, 2.24) is 15.0 Å². The topological polar surface area (TPSA) is 66.0 Å². The van der Waals surface area contributed by atoms with E-state index in [9.17, 15) is 0 Å². The second-order valence-electron chi connectivity index (χ2n) is 5.20. The maximum atomic E-state index is 8.81. The number of nitrogens with zero attached hydrogens (tertiary/aromatic N) is 4. The predicted molar refractivity (Wildman–Crippen MR) is 79.3 cm³/mol. The molecule has 0 bridgehead atoms. The van der Waals surface area contributed by atoms with Gasteiger partial charge >= 0.3 is 0 Å². The summed E-state index contributed by atoms with van der Waals surface area (Å²) in [4.78, 5) is 6.57. The number of rotatable bonds is 6. The Balaban J connectivity index is 2.00. The molecule has 0 saturated carbocycles. The molecule has 0 fully saturated rings. The zero-order valence-corrected chi connectivity index (χ0v) is 12.7. The highest BCUT2D eigenvalue weighted by molar-refractivity contribution is 5.31. The Morgan fingerprint density at radius 2 is 2.05 bits per heavy atom. The van der Waals surface area contributed by atoms with Crippen molar-refractivity contribution in [3.05, 3.63) is 47.1 Å². The lowest BCUT2D eigenvalue weighted by Crippen LogP contribution is -2.22. The van der Waals surface area contributed by atoms with Gasteiger partial charge in [0.25, 0.3) is 0 Å². The van der Waals surface area contributed by atoms with Gasteiger partial charge in [0, 0.05) is 13.0 Å². The molecule has 1 atom stereocenters. The van der Waals surface area contributed by atoms with Gasteiger partial charge in [0.05, 0.1) is 17.7 Å². The van der Waals surface area contributed by atoms with Gasteiger partial charge in [0.1, 0.15) is 0 Å². The van der Waals surface area contributed by atoms with Gasteiger partial charge in [0.15, 0.2) is 5.82 Å². The first-order valence-corrected chi connectivity index (χ1v) is 7.15. The smallest absolute Gasteiger partial charge is 0.243 e. The lowest BCUT2D eigenvalue weighted by molar-refractivity contribution is 0.202. The zero-order valence-electron chi connectivity index (χ0n) is 12.7. The van der Waals surface area contributed by atoms with E-state index in [2.05, 4.69) is 28.0 Å². The van der Waals surface area contributed by atoms with Crippen LogP contribution in [0.15, 0.2) is 28.8 Å². The molecule has 5 heteroatoms. The highest BCUT2D eigenvalue weighted by Gasteiger charge is 2.18. The monoisotopic (exact) mass is 284 g/mol. The molecular formula is C16H20N4O. The number of aryl methyl sites for hydroxylation is 1.